The van der Waals surface area contributed by atoms with Crippen LogP contribution >= 0.6 is 27.7 Å². The second-order valence-corrected chi connectivity index (χ2v) is 8.17. The van der Waals surface area contributed by atoms with E-state index in [1.54, 1.807) is 16.7 Å². The van der Waals surface area contributed by atoms with Crippen LogP contribution in [0.5, 0.6) is 0 Å². The van der Waals surface area contributed by atoms with Gasteiger partial charge in [-0.2, -0.15) is 0 Å². The number of carbonyl (C=O) groups excluding carboxylic acids is 2. The first-order chi connectivity index (χ1) is 12.2. The molecule has 0 aliphatic heterocycles. The summed E-state index contributed by atoms with van der Waals surface area (Å²) >= 11 is 4.54. The van der Waals surface area contributed by atoms with Crippen molar-refractivity contribution < 1.29 is 9.59 Å². The molecule has 7 nitrogen and oxygen atoms in total. The molecule has 26 heavy (non-hydrogen) atoms. The molecule has 1 atom stereocenters. The molecule has 0 spiro atoms. The summed E-state index contributed by atoms with van der Waals surface area (Å²) in [6, 6.07) is 4.41. The number of fused-ring (bicyclic) bond motifs is 1. The number of rotatable bonds is 6. The van der Waals surface area contributed by atoms with Gasteiger partial charge in [-0.1, -0.05) is 48.5 Å². The molecule has 1 aromatic carbocycles. The Bertz CT molecular complexity index is 897. The third-order valence-corrected chi connectivity index (χ3v) is 5.70. The highest BCUT2D eigenvalue weighted by Crippen LogP contribution is 2.28. The Kier molecular flexibility index (Phi) is 6.82. The number of aromatic nitrogens is 2. The topological polar surface area (TPSA) is 107 Å². The molecule has 1 aromatic heterocycles. The summed E-state index contributed by atoms with van der Waals surface area (Å²) < 4.78 is 2.38. The molecule has 9 heteroatoms. The van der Waals surface area contributed by atoms with E-state index in [0.29, 0.717) is 22.6 Å². The zero-order chi connectivity index (χ0) is 19.4. The Balaban J connectivity index is 2.54. The Morgan fingerprint density at radius 2 is 2.08 bits per heavy atom. The standard InChI is InChI=1S/C17H21BrN4O3S/c1-4-7-22-15(24)11-8-10(18)5-6-12(11)20-17(22)26-13(9(2)3)14(23)21-16(19)25/h5-6,8-9,13H,4,7H2,1-3H3,(H3,19,21,23,25). The number of primary amides is 1. The third kappa shape index (κ3) is 4.64. The summed E-state index contributed by atoms with van der Waals surface area (Å²) in [6.45, 7) is 6.17. The molecular formula is C17H21BrN4O3S. The molecule has 0 radical (unpaired) electrons. The summed E-state index contributed by atoms with van der Waals surface area (Å²) in [5.41, 5.74) is 5.47. The van der Waals surface area contributed by atoms with Gasteiger partial charge in [0.2, 0.25) is 5.91 Å². The van der Waals surface area contributed by atoms with Crippen LogP contribution in [0, 0.1) is 5.92 Å². The van der Waals surface area contributed by atoms with Crippen molar-refractivity contribution >= 4 is 50.5 Å². The fourth-order valence-corrected chi connectivity index (χ4v) is 3.96. The van der Waals surface area contributed by atoms with Gasteiger partial charge in [0, 0.05) is 11.0 Å². The van der Waals surface area contributed by atoms with Gasteiger partial charge in [0.1, 0.15) is 0 Å². The highest BCUT2D eigenvalue weighted by Gasteiger charge is 2.27. The molecule has 1 unspecified atom stereocenters. The number of nitrogens with zero attached hydrogens (tertiary/aromatic N) is 2. The maximum atomic E-state index is 12.9. The van der Waals surface area contributed by atoms with Gasteiger partial charge in [-0.25, -0.2) is 9.78 Å². The smallest absolute Gasteiger partial charge is 0.318 e. The van der Waals surface area contributed by atoms with E-state index < -0.39 is 17.2 Å². The predicted molar refractivity (Wildman–Crippen MR) is 106 cm³/mol. The lowest BCUT2D eigenvalue weighted by Gasteiger charge is -2.20. The van der Waals surface area contributed by atoms with Crippen molar-refractivity contribution in [2.24, 2.45) is 11.7 Å². The highest BCUT2D eigenvalue weighted by molar-refractivity contribution is 9.10. The van der Waals surface area contributed by atoms with Crippen LogP contribution in [0.3, 0.4) is 0 Å². The van der Waals surface area contributed by atoms with Crippen molar-refractivity contribution in [1.29, 1.82) is 0 Å². The molecule has 2 rings (SSSR count). The number of nitrogens with two attached hydrogens (primary N) is 1. The van der Waals surface area contributed by atoms with Crippen molar-refractivity contribution in [3.63, 3.8) is 0 Å². The van der Waals surface area contributed by atoms with Gasteiger partial charge in [-0.15, -0.1) is 0 Å². The lowest BCUT2D eigenvalue weighted by molar-refractivity contribution is -0.120. The number of urea groups is 1. The van der Waals surface area contributed by atoms with E-state index in [9.17, 15) is 14.4 Å². The Morgan fingerprint density at radius 3 is 2.65 bits per heavy atom. The Hall–Kier alpha value is -1.87. The van der Waals surface area contributed by atoms with E-state index in [1.807, 2.05) is 26.8 Å². The van der Waals surface area contributed by atoms with Crippen molar-refractivity contribution in [1.82, 2.24) is 14.9 Å². The first-order valence-corrected chi connectivity index (χ1v) is 9.89. The van der Waals surface area contributed by atoms with E-state index in [4.69, 9.17) is 5.73 Å². The Morgan fingerprint density at radius 1 is 1.38 bits per heavy atom. The van der Waals surface area contributed by atoms with Crippen molar-refractivity contribution in [3.05, 3.63) is 33.0 Å². The quantitative estimate of drug-likeness (QED) is 0.530. The minimum Gasteiger partial charge on any atom is -0.351 e. The second-order valence-electron chi connectivity index (χ2n) is 6.15. The molecule has 3 N–H and O–H groups in total. The number of thioether (sulfide) groups is 1. The first kappa shape index (κ1) is 20.4. The van der Waals surface area contributed by atoms with E-state index in [0.717, 1.165) is 10.9 Å². The number of amides is 3. The summed E-state index contributed by atoms with van der Waals surface area (Å²) in [6.07, 6.45) is 0.745. The van der Waals surface area contributed by atoms with Gasteiger partial charge in [0.15, 0.2) is 5.16 Å². The highest BCUT2D eigenvalue weighted by atomic mass is 79.9. The molecule has 0 aliphatic carbocycles. The normalized spacial score (nSPS) is 12.3. The average Bonchev–Trinajstić information content (AvgIpc) is 2.55. The number of nitrogens with one attached hydrogen (secondary N) is 1. The average molecular weight is 441 g/mol. The lowest BCUT2D eigenvalue weighted by atomic mass is 10.1. The van der Waals surface area contributed by atoms with Crippen LogP contribution in [-0.4, -0.2) is 26.7 Å². The molecule has 2 aromatic rings. The molecule has 0 aliphatic rings. The Labute approximate surface area is 163 Å². The summed E-state index contributed by atoms with van der Waals surface area (Å²) in [5.74, 6) is -0.586. The molecule has 1 heterocycles. The van der Waals surface area contributed by atoms with Gasteiger partial charge in [-0.05, 0) is 30.5 Å². The van der Waals surface area contributed by atoms with E-state index in [2.05, 4.69) is 26.2 Å². The molecule has 0 saturated heterocycles. The fraction of sp³-hybridized carbons (Fsp3) is 0.412. The molecule has 140 valence electrons. The summed E-state index contributed by atoms with van der Waals surface area (Å²) in [5, 5.41) is 2.47. The largest absolute Gasteiger partial charge is 0.351 e. The maximum absolute atomic E-state index is 12.9. The van der Waals surface area contributed by atoms with E-state index >= 15 is 0 Å². The van der Waals surface area contributed by atoms with Gasteiger partial charge >= 0.3 is 6.03 Å². The van der Waals surface area contributed by atoms with E-state index in [1.165, 1.54) is 11.8 Å². The monoisotopic (exact) mass is 440 g/mol. The number of benzene rings is 1. The molecule has 0 saturated carbocycles. The zero-order valence-corrected chi connectivity index (χ0v) is 17.2. The number of imide groups is 1. The van der Waals surface area contributed by atoms with Crippen LogP contribution in [0.1, 0.15) is 27.2 Å². The molecule has 0 bridgehead atoms. The van der Waals surface area contributed by atoms with Gasteiger partial charge in [0.25, 0.3) is 5.56 Å². The second kappa shape index (κ2) is 8.68. The minimum absolute atomic E-state index is 0.0908. The number of carbonyl (C=O) groups is 2. The number of halogens is 1. The predicted octanol–water partition coefficient (Wildman–Crippen LogP) is 2.88. The molecular weight excluding hydrogens is 420 g/mol. The van der Waals surface area contributed by atoms with E-state index in [-0.39, 0.29) is 11.5 Å². The molecule has 3 amide bonds. The van der Waals surface area contributed by atoms with Crippen LogP contribution in [0.4, 0.5) is 4.79 Å². The zero-order valence-electron chi connectivity index (χ0n) is 14.8. The lowest BCUT2D eigenvalue weighted by Crippen LogP contribution is -2.42. The van der Waals surface area contributed by atoms with Crippen LogP contribution in [0.2, 0.25) is 0 Å². The maximum Gasteiger partial charge on any atom is 0.318 e. The SMILES string of the molecule is CCCn1c(SC(C(=O)NC(N)=O)C(C)C)nc2ccc(Br)cc2c1=O. The third-order valence-electron chi connectivity index (χ3n) is 3.67. The van der Waals surface area contributed by atoms with Crippen molar-refractivity contribution in [2.75, 3.05) is 0 Å². The van der Waals surface area contributed by atoms with Gasteiger partial charge in [0.05, 0.1) is 16.2 Å². The van der Waals surface area contributed by atoms with Crippen LogP contribution in [-0.2, 0) is 11.3 Å². The summed E-state index contributed by atoms with van der Waals surface area (Å²) in [7, 11) is 0. The van der Waals surface area contributed by atoms with Crippen LogP contribution in [0.15, 0.2) is 32.6 Å². The van der Waals surface area contributed by atoms with Gasteiger partial charge < -0.3 is 5.73 Å². The first-order valence-electron chi connectivity index (χ1n) is 8.21. The van der Waals surface area contributed by atoms with Crippen molar-refractivity contribution in [3.8, 4) is 0 Å². The van der Waals surface area contributed by atoms with Gasteiger partial charge in [-0.3, -0.25) is 19.5 Å². The van der Waals surface area contributed by atoms with Crippen molar-refractivity contribution in [2.45, 2.75) is 44.1 Å². The number of hydrogen-bond acceptors (Lipinski definition) is 5. The fourth-order valence-electron chi connectivity index (χ4n) is 2.48. The number of hydrogen-bond donors (Lipinski definition) is 2. The summed E-state index contributed by atoms with van der Waals surface area (Å²) in [4.78, 5) is 40.8. The molecule has 0 fully saturated rings. The van der Waals surface area contributed by atoms with Crippen LogP contribution in [0.25, 0.3) is 10.9 Å². The van der Waals surface area contributed by atoms with Crippen LogP contribution < -0.4 is 16.6 Å². The minimum atomic E-state index is -0.900.